The lowest BCUT2D eigenvalue weighted by molar-refractivity contribution is 0.317. The van der Waals surface area contributed by atoms with Gasteiger partial charge >= 0.3 is 0 Å². The third kappa shape index (κ3) is 1.74. The number of aryl methyl sites for hydroxylation is 1. The summed E-state index contributed by atoms with van der Waals surface area (Å²) in [6.45, 7) is 5.63. The van der Waals surface area contributed by atoms with Crippen LogP contribution in [0.5, 0.6) is 5.75 Å². The summed E-state index contributed by atoms with van der Waals surface area (Å²) in [5.74, 6) is 1.90. The topological polar surface area (TPSA) is 39.1 Å². The Morgan fingerprint density at radius 3 is 3.11 bits per heavy atom. The molecule has 3 rings (SSSR count). The second kappa shape index (κ2) is 4.37. The van der Waals surface area contributed by atoms with Crippen molar-refractivity contribution in [2.45, 2.75) is 19.9 Å². The fourth-order valence-electron chi connectivity index (χ4n) is 2.42. The van der Waals surface area contributed by atoms with Gasteiger partial charge in [-0.15, -0.1) is 0 Å². The summed E-state index contributed by atoms with van der Waals surface area (Å²) in [5.41, 5.74) is 2.25. The van der Waals surface area contributed by atoms with Crippen molar-refractivity contribution in [2.75, 3.05) is 18.5 Å². The van der Waals surface area contributed by atoms with Gasteiger partial charge in [0.25, 0.3) is 0 Å². The van der Waals surface area contributed by atoms with Gasteiger partial charge in [-0.2, -0.15) is 0 Å². The molecule has 4 nitrogen and oxygen atoms in total. The van der Waals surface area contributed by atoms with Crippen LogP contribution in [0.25, 0.3) is 0 Å². The van der Waals surface area contributed by atoms with Crippen molar-refractivity contribution in [1.82, 2.24) is 9.55 Å². The maximum atomic E-state index is 5.73. The van der Waals surface area contributed by atoms with Gasteiger partial charge in [-0.25, -0.2) is 4.98 Å². The minimum atomic E-state index is 0.219. The number of benzene rings is 1. The highest BCUT2D eigenvalue weighted by atomic mass is 16.5. The van der Waals surface area contributed by atoms with E-state index in [9.17, 15) is 0 Å². The number of hydrogen-bond acceptors (Lipinski definition) is 3. The average Bonchev–Trinajstić information content (AvgIpc) is 2.93. The van der Waals surface area contributed by atoms with Crippen molar-refractivity contribution < 1.29 is 4.74 Å². The van der Waals surface area contributed by atoms with Crippen LogP contribution in [0.15, 0.2) is 30.5 Å². The largest absolute Gasteiger partial charge is 0.491 e. The Morgan fingerprint density at radius 1 is 1.44 bits per heavy atom. The predicted octanol–water partition coefficient (Wildman–Crippen LogP) is 2.61. The monoisotopic (exact) mass is 243 g/mol. The fourth-order valence-corrected chi connectivity index (χ4v) is 2.42. The molecule has 2 heterocycles. The minimum Gasteiger partial charge on any atom is -0.491 e. The lowest BCUT2D eigenvalue weighted by atomic mass is 10.1. The Hall–Kier alpha value is -1.97. The van der Waals surface area contributed by atoms with E-state index in [1.165, 1.54) is 5.56 Å². The number of nitrogens with zero attached hydrogens (tertiary/aromatic N) is 2. The van der Waals surface area contributed by atoms with Crippen molar-refractivity contribution in [3.63, 3.8) is 0 Å². The molecule has 1 aliphatic heterocycles. The molecule has 0 spiro atoms. The molecule has 4 heteroatoms. The first-order valence-corrected chi connectivity index (χ1v) is 6.30. The first-order valence-electron chi connectivity index (χ1n) is 6.30. The fraction of sp³-hybridized carbons (Fsp3) is 0.357. The second-order valence-corrected chi connectivity index (χ2v) is 4.51. The quantitative estimate of drug-likeness (QED) is 0.900. The zero-order valence-electron chi connectivity index (χ0n) is 10.7. The van der Waals surface area contributed by atoms with Crippen LogP contribution in [0.4, 0.5) is 5.95 Å². The molecule has 0 bridgehead atoms. The number of rotatable bonds is 3. The number of nitrogens with one attached hydrogen (secondary N) is 1. The van der Waals surface area contributed by atoms with Crippen LogP contribution in [0, 0.1) is 6.92 Å². The van der Waals surface area contributed by atoms with E-state index < -0.39 is 0 Å². The molecule has 1 aliphatic rings. The number of ether oxygens (including phenoxy) is 1. The SMILES string of the molecule is CCNc1nc(C)cn1C1COc2ccccc21. The molecule has 94 valence electrons. The van der Waals surface area contributed by atoms with Crippen molar-refractivity contribution in [1.29, 1.82) is 0 Å². The van der Waals surface area contributed by atoms with Gasteiger partial charge in [0.15, 0.2) is 0 Å². The maximum absolute atomic E-state index is 5.73. The number of para-hydroxylation sites is 1. The van der Waals surface area contributed by atoms with E-state index in [1.54, 1.807) is 0 Å². The molecule has 0 saturated carbocycles. The highest BCUT2D eigenvalue weighted by Crippen LogP contribution is 2.36. The van der Waals surface area contributed by atoms with Crippen LogP contribution in [0.1, 0.15) is 24.2 Å². The Morgan fingerprint density at radius 2 is 2.28 bits per heavy atom. The number of anilines is 1. The molecule has 1 unspecified atom stereocenters. The normalized spacial score (nSPS) is 17.3. The molecule has 1 aromatic heterocycles. The van der Waals surface area contributed by atoms with Crippen LogP contribution >= 0.6 is 0 Å². The molecule has 1 atom stereocenters. The Bertz CT molecular complexity index is 562. The summed E-state index contributed by atoms with van der Waals surface area (Å²) < 4.78 is 7.90. The molecule has 0 aliphatic carbocycles. The van der Waals surface area contributed by atoms with Gasteiger partial charge in [0.05, 0.1) is 11.7 Å². The third-order valence-corrected chi connectivity index (χ3v) is 3.20. The van der Waals surface area contributed by atoms with Crippen molar-refractivity contribution in [2.24, 2.45) is 0 Å². The smallest absolute Gasteiger partial charge is 0.203 e. The van der Waals surface area contributed by atoms with Crippen molar-refractivity contribution in [3.8, 4) is 5.75 Å². The van der Waals surface area contributed by atoms with Crippen LogP contribution < -0.4 is 10.1 Å². The van der Waals surface area contributed by atoms with E-state index in [1.807, 2.05) is 19.1 Å². The van der Waals surface area contributed by atoms with E-state index in [-0.39, 0.29) is 6.04 Å². The standard InChI is InChI=1S/C14H17N3O/c1-3-15-14-16-10(2)8-17(14)12-9-18-13-7-5-4-6-11(12)13/h4-8,12H,3,9H2,1-2H3,(H,15,16). The molecule has 0 radical (unpaired) electrons. The number of hydrogen-bond donors (Lipinski definition) is 1. The first kappa shape index (κ1) is 11.1. The van der Waals surface area contributed by atoms with E-state index in [0.717, 1.165) is 23.9 Å². The van der Waals surface area contributed by atoms with E-state index in [4.69, 9.17) is 4.74 Å². The highest BCUT2D eigenvalue weighted by molar-refractivity contribution is 5.42. The maximum Gasteiger partial charge on any atom is 0.203 e. The van der Waals surface area contributed by atoms with Gasteiger partial charge in [-0.3, -0.25) is 0 Å². The number of aromatic nitrogens is 2. The van der Waals surface area contributed by atoms with Crippen LogP contribution in [-0.2, 0) is 0 Å². The molecule has 0 amide bonds. The first-order chi connectivity index (χ1) is 8.79. The molecule has 0 fully saturated rings. The zero-order valence-corrected chi connectivity index (χ0v) is 10.7. The molecular formula is C14H17N3O. The van der Waals surface area contributed by atoms with Gasteiger partial charge in [0, 0.05) is 18.3 Å². The molecule has 2 aromatic rings. The van der Waals surface area contributed by atoms with E-state index >= 15 is 0 Å². The predicted molar refractivity (Wildman–Crippen MR) is 71.2 cm³/mol. The molecule has 1 N–H and O–H groups in total. The van der Waals surface area contributed by atoms with Crippen LogP contribution in [0.2, 0.25) is 0 Å². The van der Waals surface area contributed by atoms with Gasteiger partial charge in [0.1, 0.15) is 12.4 Å². The van der Waals surface area contributed by atoms with Crippen LogP contribution in [0.3, 0.4) is 0 Å². The Labute approximate surface area is 107 Å². The number of imidazole rings is 1. The van der Waals surface area contributed by atoms with Crippen LogP contribution in [-0.4, -0.2) is 22.7 Å². The summed E-state index contributed by atoms with van der Waals surface area (Å²) >= 11 is 0. The van der Waals surface area contributed by atoms with E-state index in [0.29, 0.717) is 6.61 Å². The minimum absolute atomic E-state index is 0.219. The summed E-state index contributed by atoms with van der Waals surface area (Å²) in [4.78, 5) is 4.51. The average molecular weight is 243 g/mol. The van der Waals surface area contributed by atoms with E-state index in [2.05, 4.69) is 40.1 Å². The summed E-state index contributed by atoms with van der Waals surface area (Å²) in [6, 6.07) is 8.42. The Kier molecular flexibility index (Phi) is 2.70. The summed E-state index contributed by atoms with van der Waals surface area (Å²) in [7, 11) is 0. The summed E-state index contributed by atoms with van der Waals surface area (Å²) in [6.07, 6.45) is 2.08. The molecule has 18 heavy (non-hydrogen) atoms. The van der Waals surface area contributed by atoms with Gasteiger partial charge in [0.2, 0.25) is 5.95 Å². The molecular weight excluding hydrogens is 226 g/mol. The lowest BCUT2D eigenvalue weighted by Crippen LogP contribution is -2.15. The van der Waals surface area contributed by atoms with Crippen molar-refractivity contribution in [3.05, 3.63) is 41.7 Å². The number of fused-ring (bicyclic) bond motifs is 1. The highest BCUT2D eigenvalue weighted by Gasteiger charge is 2.27. The molecule has 1 aromatic carbocycles. The van der Waals surface area contributed by atoms with Gasteiger partial charge < -0.3 is 14.6 Å². The zero-order chi connectivity index (χ0) is 12.5. The molecule has 0 saturated heterocycles. The Balaban J connectivity index is 2.01. The summed E-state index contributed by atoms with van der Waals surface area (Å²) in [5, 5.41) is 3.30. The third-order valence-electron chi connectivity index (χ3n) is 3.20. The van der Waals surface area contributed by atoms with Gasteiger partial charge in [-0.1, -0.05) is 18.2 Å². The second-order valence-electron chi connectivity index (χ2n) is 4.51. The lowest BCUT2D eigenvalue weighted by Gasteiger charge is -2.14. The van der Waals surface area contributed by atoms with Crippen molar-refractivity contribution >= 4 is 5.95 Å². The van der Waals surface area contributed by atoms with Gasteiger partial charge in [-0.05, 0) is 19.9 Å².